The minimum absolute atomic E-state index is 0.00954. The summed E-state index contributed by atoms with van der Waals surface area (Å²) in [7, 11) is 0. The maximum atomic E-state index is 10.7. The second-order valence-electron chi connectivity index (χ2n) is 2.97. The van der Waals surface area contributed by atoms with Crippen molar-refractivity contribution in [3.05, 3.63) is 0 Å². The summed E-state index contributed by atoms with van der Waals surface area (Å²) in [6.07, 6.45) is 0.0515. The van der Waals surface area contributed by atoms with E-state index in [1.807, 2.05) is 13.8 Å². The Hall–Kier alpha value is -0.570. The van der Waals surface area contributed by atoms with Crippen molar-refractivity contribution >= 4 is 5.91 Å². The lowest BCUT2D eigenvalue weighted by atomic mass is 10.1. The first-order valence-corrected chi connectivity index (χ1v) is 4.02. The largest absolute Gasteiger partial charge is 0.391 e. The molecule has 0 radical (unpaired) electrons. The minimum Gasteiger partial charge on any atom is -0.391 e. The van der Waals surface area contributed by atoms with Crippen LogP contribution in [0.3, 0.4) is 0 Å². The average Bonchev–Trinajstić information content (AvgIpc) is 1.99. The Morgan fingerprint density at radius 3 is 2.45 bits per heavy atom. The zero-order valence-corrected chi connectivity index (χ0v) is 7.42. The Balaban J connectivity index is 3.45. The van der Waals surface area contributed by atoms with E-state index in [1.54, 1.807) is 6.92 Å². The Bertz CT molecular complexity index is 123. The molecule has 1 atom stereocenters. The monoisotopic (exact) mass is 159 g/mol. The molecule has 1 unspecified atom stereocenters. The van der Waals surface area contributed by atoms with Crippen molar-refractivity contribution in [3.63, 3.8) is 0 Å². The van der Waals surface area contributed by atoms with E-state index in [9.17, 15) is 9.90 Å². The van der Waals surface area contributed by atoms with E-state index < -0.39 is 6.10 Å². The van der Waals surface area contributed by atoms with Crippen LogP contribution in [0.15, 0.2) is 0 Å². The lowest BCUT2D eigenvalue weighted by Gasteiger charge is -2.14. The van der Waals surface area contributed by atoms with Gasteiger partial charge in [0, 0.05) is 13.0 Å². The third kappa shape index (κ3) is 4.79. The molecule has 11 heavy (non-hydrogen) atoms. The summed E-state index contributed by atoms with van der Waals surface area (Å²) in [5.74, 6) is 0.192. The standard InChI is InChI=1S/C8H17NO2/c1-4-8(11)9-5-7(10)6(2)3/h6-7,10H,4-5H2,1-3H3,(H,9,11). The van der Waals surface area contributed by atoms with Crippen LogP contribution in [0.4, 0.5) is 0 Å². The van der Waals surface area contributed by atoms with Crippen LogP contribution in [0.2, 0.25) is 0 Å². The summed E-state index contributed by atoms with van der Waals surface area (Å²) in [5, 5.41) is 11.9. The molecule has 0 rings (SSSR count). The molecule has 0 spiro atoms. The number of hydrogen-bond acceptors (Lipinski definition) is 2. The number of aliphatic hydroxyl groups excluding tert-OH is 1. The topological polar surface area (TPSA) is 49.3 Å². The van der Waals surface area contributed by atoms with Gasteiger partial charge >= 0.3 is 0 Å². The highest BCUT2D eigenvalue weighted by atomic mass is 16.3. The fraction of sp³-hybridized carbons (Fsp3) is 0.875. The third-order valence-electron chi connectivity index (χ3n) is 1.60. The number of carbonyl (C=O) groups is 1. The molecule has 3 heteroatoms. The van der Waals surface area contributed by atoms with Crippen molar-refractivity contribution < 1.29 is 9.90 Å². The van der Waals surface area contributed by atoms with Crippen molar-refractivity contribution in [1.82, 2.24) is 5.32 Å². The summed E-state index contributed by atoms with van der Waals surface area (Å²) >= 11 is 0. The molecule has 3 nitrogen and oxygen atoms in total. The lowest BCUT2D eigenvalue weighted by molar-refractivity contribution is -0.121. The predicted molar refractivity (Wildman–Crippen MR) is 44.1 cm³/mol. The van der Waals surface area contributed by atoms with Crippen molar-refractivity contribution in [3.8, 4) is 0 Å². The molecule has 0 bridgehead atoms. The van der Waals surface area contributed by atoms with Gasteiger partial charge in [-0.25, -0.2) is 0 Å². The molecule has 0 saturated heterocycles. The number of rotatable bonds is 4. The first-order chi connectivity index (χ1) is 5.07. The van der Waals surface area contributed by atoms with Crippen LogP contribution in [0.1, 0.15) is 27.2 Å². The van der Waals surface area contributed by atoms with Gasteiger partial charge in [0.1, 0.15) is 0 Å². The SMILES string of the molecule is CCC(=O)NCC(O)C(C)C. The van der Waals surface area contributed by atoms with Crippen molar-refractivity contribution in [2.75, 3.05) is 6.54 Å². The molecule has 0 aliphatic rings. The number of hydrogen-bond donors (Lipinski definition) is 2. The molecule has 0 heterocycles. The maximum absolute atomic E-state index is 10.7. The summed E-state index contributed by atoms with van der Waals surface area (Å²) in [5.41, 5.74) is 0. The van der Waals surface area contributed by atoms with E-state index in [0.29, 0.717) is 13.0 Å². The number of nitrogens with one attached hydrogen (secondary N) is 1. The van der Waals surface area contributed by atoms with Gasteiger partial charge in [-0.1, -0.05) is 20.8 Å². The molecule has 0 aromatic carbocycles. The zero-order valence-electron chi connectivity index (χ0n) is 7.42. The second kappa shape index (κ2) is 5.13. The first-order valence-electron chi connectivity index (χ1n) is 4.02. The van der Waals surface area contributed by atoms with Crippen LogP contribution >= 0.6 is 0 Å². The normalized spacial score (nSPS) is 13.2. The fourth-order valence-corrected chi connectivity index (χ4v) is 0.579. The highest BCUT2D eigenvalue weighted by Crippen LogP contribution is 1.98. The van der Waals surface area contributed by atoms with Crippen LogP contribution in [0.25, 0.3) is 0 Å². The van der Waals surface area contributed by atoms with Crippen molar-refractivity contribution in [2.24, 2.45) is 5.92 Å². The third-order valence-corrected chi connectivity index (χ3v) is 1.60. The summed E-state index contributed by atoms with van der Waals surface area (Å²) < 4.78 is 0. The van der Waals surface area contributed by atoms with Crippen LogP contribution in [0.5, 0.6) is 0 Å². The number of carbonyl (C=O) groups excluding carboxylic acids is 1. The highest BCUT2D eigenvalue weighted by Gasteiger charge is 2.09. The molecular formula is C8H17NO2. The second-order valence-corrected chi connectivity index (χ2v) is 2.97. The van der Waals surface area contributed by atoms with E-state index >= 15 is 0 Å². The molecule has 0 aromatic heterocycles. The van der Waals surface area contributed by atoms with Crippen LogP contribution in [-0.2, 0) is 4.79 Å². The molecular weight excluding hydrogens is 142 g/mol. The molecule has 66 valence electrons. The van der Waals surface area contributed by atoms with Gasteiger partial charge in [-0.2, -0.15) is 0 Å². The van der Waals surface area contributed by atoms with Gasteiger partial charge in [0.25, 0.3) is 0 Å². The molecule has 1 amide bonds. The van der Waals surface area contributed by atoms with Crippen LogP contribution < -0.4 is 5.32 Å². The molecule has 0 aliphatic carbocycles. The van der Waals surface area contributed by atoms with Gasteiger partial charge in [0.2, 0.25) is 5.91 Å². The molecule has 0 aromatic rings. The average molecular weight is 159 g/mol. The Labute approximate surface area is 67.8 Å². The van der Waals surface area contributed by atoms with Gasteiger partial charge < -0.3 is 10.4 Å². The maximum Gasteiger partial charge on any atom is 0.219 e. The van der Waals surface area contributed by atoms with E-state index in [2.05, 4.69) is 5.32 Å². The molecule has 2 N–H and O–H groups in total. The minimum atomic E-state index is -0.425. The smallest absolute Gasteiger partial charge is 0.219 e. The quantitative estimate of drug-likeness (QED) is 0.628. The summed E-state index contributed by atoms with van der Waals surface area (Å²) in [4.78, 5) is 10.7. The fourth-order valence-electron chi connectivity index (χ4n) is 0.579. The number of amides is 1. The predicted octanol–water partition coefficient (Wildman–Crippen LogP) is 0.529. The van der Waals surface area contributed by atoms with E-state index in [-0.39, 0.29) is 11.8 Å². The Morgan fingerprint density at radius 1 is 1.55 bits per heavy atom. The summed E-state index contributed by atoms with van der Waals surface area (Å²) in [6, 6.07) is 0. The van der Waals surface area contributed by atoms with Crippen molar-refractivity contribution in [1.29, 1.82) is 0 Å². The molecule has 0 fully saturated rings. The van der Waals surface area contributed by atoms with E-state index in [1.165, 1.54) is 0 Å². The molecule has 0 saturated carbocycles. The van der Waals surface area contributed by atoms with Crippen LogP contribution in [0, 0.1) is 5.92 Å². The Morgan fingerprint density at radius 2 is 2.09 bits per heavy atom. The van der Waals surface area contributed by atoms with Gasteiger partial charge in [-0.05, 0) is 5.92 Å². The van der Waals surface area contributed by atoms with Gasteiger partial charge in [-0.3, -0.25) is 4.79 Å². The number of aliphatic hydroxyl groups is 1. The van der Waals surface area contributed by atoms with Gasteiger partial charge in [0.05, 0.1) is 6.10 Å². The highest BCUT2D eigenvalue weighted by molar-refractivity contribution is 5.75. The van der Waals surface area contributed by atoms with E-state index in [4.69, 9.17) is 0 Å². The van der Waals surface area contributed by atoms with E-state index in [0.717, 1.165) is 0 Å². The lowest BCUT2D eigenvalue weighted by Crippen LogP contribution is -2.34. The summed E-state index contributed by atoms with van der Waals surface area (Å²) in [6.45, 7) is 5.99. The first kappa shape index (κ1) is 10.4. The van der Waals surface area contributed by atoms with Gasteiger partial charge in [0.15, 0.2) is 0 Å². The van der Waals surface area contributed by atoms with Crippen molar-refractivity contribution in [2.45, 2.75) is 33.3 Å². The van der Waals surface area contributed by atoms with Crippen LogP contribution in [-0.4, -0.2) is 23.7 Å². The Kier molecular flexibility index (Phi) is 4.86. The zero-order chi connectivity index (χ0) is 8.85. The van der Waals surface area contributed by atoms with Gasteiger partial charge in [-0.15, -0.1) is 0 Å². The molecule has 0 aliphatic heterocycles.